The Bertz CT molecular complexity index is 832. The Labute approximate surface area is 151 Å². The van der Waals surface area contributed by atoms with Gasteiger partial charge in [-0.25, -0.2) is 4.99 Å². The molecule has 1 aliphatic heterocycles. The number of nitrogens with zero attached hydrogens (tertiary/aromatic N) is 1. The Kier molecular flexibility index (Phi) is 5.31. The number of benzene rings is 1. The van der Waals surface area contributed by atoms with E-state index < -0.39 is 5.91 Å². The summed E-state index contributed by atoms with van der Waals surface area (Å²) < 4.78 is 10.8. The number of hydrogen-bond acceptors (Lipinski definition) is 4. The number of ether oxygens (including phenoxy) is 2. The summed E-state index contributed by atoms with van der Waals surface area (Å²) in [7, 11) is 0. The van der Waals surface area contributed by atoms with Crippen LogP contribution in [-0.4, -0.2) is 30.7 Å². The van der Waals surface area contributed by atoms with E-state index >= 15 is 0 Å². The number of carbonyl (C=O) groups excluding carboxylic acids is 2. The smallest absolute Gasteiger partial charge is 0.284 e. The summed E-state index contributed by atoms with van der Waals surface area (Å²) >= 11 is 0. The average Bonchev–Trinajstić information content (AvgIpc) is 2.61. The van der Waals surface area contributed by atoms with Gasteiger partial charge in [0.15, 0.2) is 6.61 Å². The first-order valence-corrected chi connectivity index (χ1v) is 8.41. The van der Waals surface area contributed by atoms with Gasteiger partial charge in [0, 0.05) is 17.7 Å². The molecule has 1 aromatic rings. The molecule has 0 saturated carbocycles. The highest BCUT2D eigenvalue weighted by molar-refractivity contribution is 6.11. The molecule has 1 N–H and O–H groups in total. The zero-order chi connectivity index (χ0) is 18.5. The molecule has 2 aliphatic rings. The average molecular weight is 352 g/mol. The predicted octanol–water partition coefficient (Wildman–Crippen LogP) is 2.58. The van der Waals surface area contributed by atoms with E-state index in [1.165, 1.54) is 0 Å². The highest BCUT2D eigenvalue weighted by atomic mass is 16.5. The lowest BCUT2D eigenvalue weighted by Crippen LogP contribution is -2.32. The van der Waals surface area contributed by atoms with Crippen molar-refractivity contribution >= 4 is 17.5 Å². The SMILES string of the molecule is CCOc1ccc(OCC(=O)N=C2C=CC3C(C)=CC(=O)NC3=C2)cc1. The number of allylic oxidation sites excluding steroid dienone is 3. The van der Waals surface area contributed by atoms with Gasteiger partial charge < -0.3 is 14.8 Å². The van der Waals surface area contributed by atoms with Gasteiger partial charge in [0.05, 0.1) is 12.3 Å². The molecule has 134 valence electrons. The zero-order valence-electron chi connectivity index (χ0n) is 14.7. The number of rotatable bonds is 5. The normalized spacial score (nSPS) is 20.0. The number of amides is 2. The molecule has 1 heterocycles. The summed E-state index contributed by atoms with van der Waals surface area (Å²) in [6.45, 7) is 4.24. The van der Waals surface area contributed by atoms with Crippen molar-refractivity contribution in [1.29, 1.82) is 0 Å². The molecule has 1 aliphatic carbocycles. The van der Waals surface area contributed by atoms with Crippen LogP contribution in [0.25, 0.3) is 0 Å². The van der Waals surface area contributed by atoms with Gasteiger partial charge in [0.25, 0.3) is 5.91 Å². The minimum absolute atomic E-state index is 0.0295. The van der Waals surface area contributed by atoms with Gasteiger partial charge in [-0.3, -0.25) is 9.59 Å². The minimum Gasteiger partial charge on any atom is -0.494 e. The van der Waals surface area contributed by atoms with Crippen molar-refractivity contribution in [3.05, 3.63) is 59.8 Å². The molecule has 0 radical (unpaired) electrons. The van der Waals surface area contributed by atoms with E-state index in [9.17, 15) is 9.59 Å². The van der Waals surface area contributed by atoms with Crippen LogP contribution >= 0.6 is 0 Å². The van der Waals surface area contributed by atoms with E-state index in [4.69, 9.17) is 9.47 Å². The molecular weight excluding hydrogens is 332 g/mol. The van der Waals surface area contributed by atoms with Crippen LogP contribution < -0.4 is 14.8 Å². The third-order valence-corrected chi connectivity index (χ3v) is 3.97. The number of carbonyl (C=O) groups is 2. The lowest BCUT2D eigenvalue weighted by Gasteiger charge is -2.25. The van der Waals surface area contributed by atoms with Crippen molar-refractivity contribution in [3.8, 4) is 11.5 Å². The van der Waals surface area contributed by atoms with Crippen LogP contribution in [0.4, 0.5) is 0 Å². The zero-order valence-corrected chi connectivity index (χ0v) is 14.7. The summed E-state index contributed by atoms with van der Waals surface area (Å²) in [5.74, 6) is 0.786. The number of aliphatic imine (C=N–C) groups is 1. The molecule has 1 unspecified atom stereocenters. The van der Waals surface area contributed by atoms with Crippen LogP contribution in [0.5, 0.6) is 11.5 Å². The fourth-order valence-corrected chi connectivity index (χ4v) is 2.77. The quantitative estimate of drug-likeness (QED) is 0.884. The molecule has 0 fully saturated rings. The Balaban J connectivity index is 1.60. The first kappa shape index (κ1) is 17.7. The molecule has 0 aromatic heterocycles. The Morgan fingerprint density at radius 2 is 1.85 bits per heavy atom. The monoisotopic (exact) mass is 352 g/mol. The van der Waals surface area contributed by atoms with E-state index in [2.05, 4.69) is 10.3 Å². The number of hydrogen-bond donors (Lipinski definition) is 1. The Morgan fingerprint density at radius 1 is 1.15 bits per heavy atom. The third-order valence-electron chi connectivity index (χ3n) is 3.97. The molecule has 6 heteroatoms. The molecule has 1 atom stereocenters. The van der Waals surface area contributed by atoms with E-state index in [1.807, 2.05) is 19.9 Å². The second-order valence-electron chi connectivity index (χ2n) is 5.94. The fourth-order valence-electron chi connectivity index (χ4n) is 2.77. The maximum absolute atomic E-state index is 12.0. The van der Waals surface area contributed by atoms with Crippen molar-refractivity contribution < 1.29 is 19.1 Å². The second kappa shape index (κ2) is 7.82. The topological polar surface area (TPSA) is 77.0 Å². The Morgan fingerprint density at radius 3 is 2.54 bits per heavy atom. The number of nitrogens with one attached hydrogen (secondary N) is 1. The lowest BCUT2D eigenvalue weighted by molar-refractivity contribution is -0.119. The summed E-state index contributed by atoms with van der Waals surface area (Å²) in [5, 5.41) is 2.78. The van der Waals surface area contributed by atoms with Gasteiger partial charge in [-0.2, -0.15) is 0 Å². The summed E-state index contributed by atoms with van der Waals surface area (Å²) in [4.78, 5) is 27.7. The summed E-state index contributed by atoms with van der Waals surface area (Å²) in [6.07, 6.45) is 6.98. The van der Waals surface area contributed by atoms with Crippen LogP contribution in [0, 0.1) is 5.92 Å². The first-order chi connectivity index (χ1) is 12.5. The van der Waals surface area contributed by atoms with E-state index in [-0.39, 0.29) is 18.4 Å². The maximum Gasteiger partial charge on any atom is 0.284 e. The molecule has 6 nitrogen and oxygen atoms in total. The van der Waals surface area contributed by atoms with Crippen molar-refractivity contribution in [2.45, 2.75) is 13.8 Å². The van der Waals surface area contributed by atoms with Crippen LogP contribution in [0.15, 0.2) is 64.8 Å². The van der Waals surface area contributed by atoms with Gasteiger partial charge in [0.1, 0.15) is 11.5 Å². The standard InChI is InChI=1S/C20H20N2O4/c1-3-25-15-5-7-16(8-6-15)26-12-20(24)21-14-4-9-17-13(2)10-19(23)22-18(17)11-14/h4-11,17H,3,12H2,1-2H3,(H,22,23). The molecule has 0 saturated heterocycles. The molecule has 0 spiro atoms. The molecule has 26 heavy (non-hydrogen) atoms. The maximum atomic E-state index is 12.0. The molecule has 1 aromatic carbocycles. The number of fused-ring (bicyclic) bond motifs is 1. The molecule has 3 rings (SSSR count). The van der Waals surface area contributed by atoms with Gasteiger partial charge in [-0.1, -0.05) is 11.6 Å². The van der Waals surface area contributed by atoms with Crippen LogP contribution in [0.2, 0.25) is 0 Å². The predicted molar refractivity (Wildman–Crippen MR) is 98.2 cm³/mol. The molecular formula is C20H20N2O4. The lowest BCUT2D eigenvalue weighted by atomic mass is 9.89. The minimum atomic E-state index is -0.400. The Hall–Kier alpha value is -3.15. The van der Waals surface area contributed by atoms with Crippen LogP contribution in [-0.2, 0) is 9.59 Å². The van der Waals surface area contributed by atoms with Crippen molar-refractivity contribution in [1.82, 2.24) is 5.32 Å². The van der Waals surface area contributed by atoms with Crippen molar-refractivity contribution in [2.75, 3.05) is 13.2 Å². The van der Waals surface area contributed by atoms with Crippen molar-refractivity contribution in [2.24, 2.45) is 10.9 Å². The van der Waals surface area contributed by atoms with Gasteiger partial charge in [-0.15, -0.1) is 0 Å². The van der Waals surface area contributed by atoms with Gasteiger partial charge in [-0.05, 0) is 50.3 Å². The van der Waals surface area contributed by atoms with Crippen LogP contribution in [0.3, 0.4) is 0 Å². The van der Waals surface area contributed by atoms with E-state index in [0.29, 0.717) is 18.1 Å². The summed E-state index contributed by atoms with van der Waals surface area (Å²) in [5.41, 5.74) is 2.18. The molecule has 0 bridgehead atoms. The summed E-state index contributed by atoms with van der Waals surface area (Å²) in [6, 6.07) is 7.05. The third kappa shape index (κ3) is 4.27. The highest BCUT2D eigenvalue weighted by Gasteiger charge is 2.23. The highest BCUT2D eigenvalue weighted by Crippen LogP contribution is 2.26. The van der Waals surface area contributed by atoms with E-state index in [0.717, 1.165) is 17.0 Å². The largest absolute Gasteiger partial charge is 0.494 e. The van der Waals surface area contributed by atoms with E-state index in [1.54, 1.807) is 42.5 Å². The van der Waals surface area contributed by atoms with Gasteiger partial charge in [0.2, 0.25) is 5.91 Å². The fraction of sp³-hybridized carbons (Fsp3) is 0.250. The van der Waals surface area contributed by atoms with Crippen LogP contribution in [0.1, 0.15) is 13.8 Å². The second-order valence-corrected chi connectivity index (χ2v) is 5.94. The van der Waals surface area contributed by atoms with Crippen molar-refractivity contribution in [3.63, 3.8) is 0 Å². The first-order valence-electron chi connectivity index (χ1n) is 8.41. The molecule has 2 amide bonds. The van der Waals surface area contributed by atoms with Gasteiger partial charge >= 0.3 is 0 Å².